The monoisotopic (exact) mass is 288 g/mol. The number of nitrogens with zero attached hydrogens (tertiary/aromatic N) is 1. The summed E-state index contributed by atoms with van der Waals surface area (Å²) in [5.74, 6) is 0.356. The van der Waals surface area contributed by atoms with E-state index in [4.69, 9.17) is 0 Å². The van der Waals surface area contributed by atoms with Crippen LogP contribution >= 0.6 is 0 Å². The fourth-order valence-electron chi connectivity index (χ4n) is 2.40. The van der Waals surface area contributed by atoms with Gasteiger partial charge in [-0.3, -0.25) is 4.79 Å². The smallest absolute Gasteiger partial charge is 0.223 e. The van der Waals surface area contributed by atoms with Gasteiger partial charge in [0.2, 0.25) is 15.9 Å². The topological polar surface area (TPSA) is 66.5 Å². The Kier molecular flexibility index (Phi) is 4.84. The molecule has 0 unspecified atom stereocenters. The zero-order valence-corrected chi connectivity index (χ0v) is 12.4. The summed E-state index contributed by atoms with van der Waals surface area (Å²) in [7, 11) is -3.10. The van der Waals surface area contributed by atoms with Gasteiger partial charge in [-0.05, 0) is 32.1 Å². The molecule has 0 atom stereocenters. The number of sulfonamides is 1. The number of amides is 1. The maximum Gasteiger partial charge on any atom is 0.223 e. The van der Waals surface area contributed by atoms with E-state index in [9.17, 15) is 13.2 Å². The highest BCUT2D eigenvalue weighted by atomic mass is 32.2. The maximum absolute atomic E-state index is 12.0. The van der Waals surface area contributed by atoms with Gasteiger partial charge in [0.25, 0.3) is 0 Å². The van der Waals surface area contributed by atoms with Crippen molar-refractivity contribution in [3.05, 3.63) is 0 Å². The van der Waals surface area contributed by atoms with Crippen LogP contribution in [-0.4, -0.2) is 43.5 Å². The zero-order valence-electron chi connectivity index (χ0n) is 11.6. The second-order valence-corrected chi connectivity index (χ2v) is 7.71. The van der Waals surface area contributed by atoms with Gasteiger partial charge in [-0.15, -0.1) is 0 Å². The SMILES string of the molecule is CCCCS(=O)(=O)N1CCC(C(=O)NC2CC2)CC1. The number of unbranched alkanes of at least 4 members (excludes halogenated alkanes) is 1. The molecule has 0 radical (unpaired) electrons. The number of rotatable bonds is 6. The lowest BCUT2D eigenvalue weighted by Crippen LogP contribution is -2.44. The Labute approximate surface area is 115 Å². The van der Waals surface area contributed by atoms with Crippen molar-refractivity contribution in [1.82, 2.24) is 9.62 Å². The van der Waals surface area contributed by atoms with Crippen LogP contribution in [0.25, 0.3) is 0 Å². The van der Waals surface area contributed by atoms with E-state index in [2.05, 4.69) is 5.32 Å². The molecule has 1 heterocycles. The van der Waals surface area contributed by atoms with Crippen LogP contribution in [-0.2, 0) is 14.8 Å². The van der Waals surface area contributed by atoms with E-state index in [1.165, 1.54) is 0 Å². The van der Waals surface area contributed by atoms with Crippen LogP contribution in [0.2, 0.25) is 0 Å². The lowest BCUT2D eigenvalue weighted by molar-refractivity contribution is -0.126. The molecule has 5 nitrogen and oxygen atoms in total. The van der Waals surface area contributed by atoms with Gasteiger partial charge in [-0.25, -0.2) is 12.7 Å². The zero-order chi connectivity index (χ0) is 13.9. The van der Waals surface area contributed by atoms with Crippen molar-refractivity contribution >= 4 is 15.9 Å². The average molecular weight is 288 g/mol. The van der Waals surface area contributed by atoms with Crippen molar-refractivity contribution < 1.29 is 13.2 Å². The minimum absolute atomic E-state index is 0.00164. The van der Waals surface area contributed by atoms with Gasteiger partial charge in [-0.1, -0.05) is 13.3 Å². The quantitative estimate of drug-likeness (QED) is 0.796. The summed E-state index contributed by atoms with van der Waals surface area (Å²) in [4.78, 5) is 11.9. The summed E-state index contributed by atoms with van der Waals surface area (Å²) in [5, 5.41) is 3.00. The molecule has 2 rings (SSSR count). The Balaban J connectivity index is 1.79. The third-order valence-corrected chi connectivity index (χ3v) is 5.85. The Morgan fingerprint density at radius 2 is 1.84 bits per heavy atom. The molecule has 0 aromatic carbocycles. The summed E-state index contributed by atoms with van der Waals surface area (Å²) in [6.45, 7) is 2.98. The van der Waals surface area contributed by atoms with Gasteiger partial charge in [0, 0.05) is 25.0 Å². The highest BCUT2D eigenvalue weighted by molar-refractivity contribution is 7.89. The van der Waals surface area contributed by atoms with E-state index in [0.29, 0.717) is 38.4 Å². The Morgan fingerprint density at radius 3 is 2.37 bits per heavy atom. The van der Waals surface area contributed by atoms with Gasteiger partial charge in [0.05, 0.1) is 5.75 Å². The average Bonchev–Trinajstić information content (AvgIpc) is 3.20. The number of carbonyl (C=O) groups is 1. The molecule has 1 N–H and O–H groups in total. The predicted molar refractivity (Wildman–Crippen MR) is 74.2 cm³/mol. The second kappa shape index (κ2) is 6.22. The van der Waals surface area contributed by atoms with E-state index in [1.807, 2.05) is 6.92 Å². The molecular formula is C13H24N2O3S. The number of piperidine rings is 1. The molecule has 1 aliphatic heterocycles. The first-order chi connectivity index (χ1) is 9.03. The van der Waals surface area contributed by atoms with Crippen LogP contribution in [0.5, 0.6) is 0 Å². The Morgan fingerprint density at radius 1 is 1.21 bits per heavy atom. The minimum Gasteiger partial charge on any atom is -0.353 e. The van der Waals surface area contributed by atoms with Crippen LogP contribution in [0.1, 0.15) is 45.4 Å². The largest absolute Gasteiger partial charge is 0.353 e. The fourth-order valence-corrected chi connectivity index (χ4v) is 4.08. The van der Waals surface area contributed by atoms with Crippen LogP contribution in [0.15, 0.2) is 0 Å². The molecule has 1 saturated heterocycles. The van der Waals surface area contributed by atoms with E-state index in [0.717, 1.165) is 19.3 Å². The Bertz CT molecular complexity index is 410. The van der Waals surface area contributed by atoms with Crippen molar-refractivity contribution in [3.63, 3.8) is 0 Å². The highest BCUT2D eigenvalue weighted by Crippen LogP contribution is 2.23. The Hall–Kier alpha value is -0.620. The van der Waals surface area contributed by atoms with Gasteiger partial charge in [-0.2, -0.15) is 0 Å². The van der Waals surface area contributed by atoms with Gasteiger partial charge >= 0.3 is 0 Å². The van der Waals surface area contributed by atoms with E-state index in [1.54, 1.807) is 4.31 Å². The first-order valence-corrected chi connectivity index (χ1v) is 8.92. The summed E-state index contributed by atoms with van der Waals surface area (Å²) in [6.07, 6.45) is 5.10. The van der Waals surface area contributed by atoms with Crippen molar-refractivity contribution in [2.75, 3.05) is 18.8 Å². The first kappa shape index (κ1) is 14.8. The highest BCUT2D eigenvalue weighted by Gasteiger charge is 2.32. The van der Waals surface area contributed by atoms with E-state index >= 15 is 0 Å². The molecule has 2 fully saturated rings. The summed E-state index contributed by atoms with van der Waals surface area (Å²) >= 11 is 0. The summed E-state index contributed by atoms with van der Waals surface area (Å²) in [6, 6.07) is 0.388. The maximum atomic E-state index is 12.0. The lowest BCUT2D eigenvalue weighted by Gasteiger charge is -2.30. The van der Waals surface area contributed by atoms with E-state index in [-0.39, 0.29) is 17.6 Å². The molecule has 0 aromatic rings. The first-order valence-electron chi connectivity index (χ1n) is 7.31. The third kappa shape index (κ3) is 4.18. The number of hydrogen-bond donors (Lipinski definition) is 1. The molecule has 0 spiro atoms. The number of nitrogens with one attached hydrogen (secondary N) is 1. The van der Waals surface area contributed by atoms with Crippen LogP contribution in [0, 0.1) is 5.92 Å². The molecule has 1 saturated carbocycles. The third-order valence-electron chi connectivity index (χ3n) is 3.90. The summed E-state index contributed by atoms with van der Waals surface area (Å²) in [5.41, 5.74) is 0. The number of hydrogen-bond acceptors (Lipinski definition) is 3. The summed E-state index contributed by atoms with van der Waals surface area (Å²) < 4.78 is 25.6. The molecule has 2 aliphatic rings. The molecule has 1 aliphatic carbocycles. The normalized spacial score (nSPS) is 22.4. The predicted octanol–water partition coefficient (Wildman–Crippen LogP) is 1.11. The van der Waals surface area contributed by atoms with Crippen molar-refractivity contribution in [2.24, 2.45) is 5.92 Å². The molecular weight excluding hydrogens is 264 g/mol. The molecule has 1 amide bonds. The van der Waals surface area contributed by atoms with Gasteiger partial charge in [0.15, 0.2) is 0 Å². The fraction of sp³-hybridized carbons (Fsp3) is 0.923. The van der Waals surface area contributed by atoms with Gasteiger partial charge < -0.3 is 5.32 Å². The minimum atomic E-state index is -3.10. The number of carbonyl (C=O) groups excluding carboxylic acids is 1. The standard InChI is InChI=1S/C13H24N2O3S/c1-2-3-10-19(17,18)15-8-6-11(7-9-15)13(16)14-12-4-5-12/h11-12H,2-10H2,1H3,(H,14,16). The molecule has 110 valence electrons. The van der Waals surface area contributed by atoms with Crippen molar-refractivity contribution in [1.29, 1.82) is 0 Å². The second-order valence-electron chi connectivity index (χ2n) is 5.63. The molecule has 6 heteroatoms. The van der Waals surface area contributed by atoms with Crippen LogP contribution < -0.4 is 5.32 Å². The van der Waals surface area contributed by atoms with Crippen molar-refractivity contribution in [2.45, 2.75) is 51.5 Å². The molecule has 19 heavy (non-hydrogen) atoms. The molecule has 0 bridgehead atoms. The molecule has 0 aromatic heterocycles. The lowest BCUT2D eigenvalue weighted by atomic mass is 9.97. The van der Waals surface area contributed by atoms with Gasteiger partial charge in [0.1, 0.15) is 0 Å². The van der Waals surface area contributed by atoms with Crippen LogP contribution in [0.4, 0.5) is 0 Å². The van der Waals surface area contributed by atoms with Crippen LogP contribution in [0.3, 0.4) is 0 Å². The van der Waals surface area contributed by atoms with E-state index < -0.39 is 10.0 Å². The van der Waals surface area contributed by atoms with Crippen molar-refractivity contribution in [3.8, 4) is 0 Å².